The summed E-state index contributed by atoms with van der Waals surface area (Å²) in [6.45, 7) is 2.52. The van der Waals surface area contributed by atoms with Crippen LogP contribution in [0.1, 0.15) is 5.56 Å². The lowest BCUT2D eigenvalue weighted by Crippen LogP contribution is -2.51. The molecule has 0 atom stereocenters. The molecular formula is C20H24FN3O3S. The van der Waals surface area contributed by atoms with Gasteiger partial charge in [0.05, 0.1) is 11.4 Å². The Labute approximate surface area is 165 Å². The zero-order valence-electron chi connectivity index (χ0n) is 15.8. The van der Waals surface area contributed by atoms with Crippen molar-refractivity contribution in [2.24, 2.45) is 0 Å². The number of likely N-dealkylation sites (N-methyl/N-ethyl adjacent to an activating group) is 1. The minimum Gasteiger partial charge on any atom is -0.339 e. The highest BCUT2D eigenvalue weighted by Gasteiger charge is 2.27. The number of halogens is 1. The van der Waals surface area contributed by atoms with Crippen LogP contribution in [-0.2, 0) is 21.4 Å². The number of amides is 1. The standard InChI is InChI=1S/C20H24FN3O3S/c1-22(28(26,27)18-8-3-2-4-9-18)16-20(25)24-13-11-23(12-14-24)15-17-7-5-6-10-19(17)21/h2-10H,11-16H2,1H3. The van der Waals surface area contributed by atoms with E-state index >= 15 is 0 Å². The summed E-state index contributed by atoms with van der Waals surface area (Å²) in [7, 11) is -2.28. The number of carbonyl (C=O) groups excluding carboxylic acids is 1. The number of piperazine rings is 1. The van der Waals surface area contributed by atoms with E-state index in [1.807, 2.05) is 0 Å². The second kappa shape index (κ2) is 8.81. The molecule has 0 aromatic heterocycles. The topological polar surface area (TPSA) is 60.9 Å². The Kier molecular flexibility index (Phi) is 6.43. The summed E-state index contributed by atoms with van der Waals surface area (Å²) in [5, 5.41) is 0. The molecule has 1 saturated heterocycles. The minimum absolute atomic E-state index is 0.167. The molecule has 1 amide bonds. The summed E-state index contributed by atoms with van der Waals surface area (Å²) < 4.78 is 40.0. The number of benzene rings is 2. The van der Waals surface area contributed by atoms with Gasteiger partial charge >= 0.3 is 0 Å². The lowest BCUT2D eigenvalue weighted by atomic mass is 10.2. The molecule has 2 aromatic carbocycles. The van der Waals surface area contributed by atoms with Crippen molar-refractivity contribution in [3.05, 3.63) is 66.0 Å². The Morgan fingerprint density at radius 1 is 1.00 bits per heavy atom. The van der Waals surface area contributed by atoms with Crippen LogP contribution in [-0.4, -0.2) is 68.2 Å². The van der Waals surface area contributed by atoms with E-state index in [0.717, 1.165) is 4.31 Å². The van der Waals surface area contributed by atoms with E-state index in [0.29, 0.717) is 38.3 Å². The van der Waals surface area contributed by atoms with Crippen molar-refractivity contribution < 1.29 is 17.6 Å². The van der Waals surface area contributed by atoms with Crippen molar-refractivity contribution in [1.29, 1.82) is 0 Å². The monoisotopic (exact) mass is 405 g/mol. The molecule has 1 heterocycles. The molecule has 0 saturated carbocycles. The lowest BCUT2D eigenvalue weighted by Gasteiger charge is -2.35. The highest BCUT2D eigenvalue weighted by Crippen LogP contribution is 2.15. The van der Waals surface area contributed by atoms with Crippen molar-refractivity contribution in [2.75, 3.05) is 39.8 Å². The normalized spacial score (nSPS) is 15.8. The Morgan fingerprint density at radius 3 is 2.25 bits per heavy atom. The van der Waals surface area contributed by atoms with Crippen molar-refractivity contribution in [3.8, 4) is 0 Å². The van der Waals surface area contributed by atoms with Crippen LogP contribution >= 0.6 is 0 Å². The summed E-state index contributed by atoms with van der Waals surface area (Å²) in [5.41, 5.74) is 0.635. The van der Waals surface area contributed by atoms with Gasteiger partial charge < -0.3 is 4.90 Å². The number of sulfonamides is 1. The molecule has 1 fully saturated rings. The predicted molar refractivity (Wildman–Crippen MR) is 105 cm³/mol. The minimum atomic E-state index is -3.70. The first-order valence-corrected chi connectivity index (χ1v) is 10.6. The first-order chi connectivity index (χ1) is 13.4. The third kappa shape index (κ3) is 4.76. The first-order valence-electron chi connectivity index (χ1n) is 9.13. The Morgan fingerprint density at radius 2 is 1.61 bits per heavy atom. The molecule has 28 heavy (non-hydrogen) atoms. The quantitative estimate of drug-likeness (QED) is 0.735. The van der Waals surface area contributed by atoms with E-state index in [4.69, 9.17) is 0 Å². The number of rotatable bonds is 6. The number of nitrogens with zero attached hydrogens (tertiary/aromatic N) is 3. The maximum absolute atomic E-state index is 13.8. The van der Waals surface area contributed by atoms with Gasteiger partial charge in [0.25, 0.3) is 0 Å². The second-order valence-corrected chi connectivity index (χ2v) is 8.87. The van der Waals surface area contributed by atoms with Gasteiger partial charge in [0.15, 0.2) is 0 Å². The van der Waals surface area contributed by atoms with E-state index in [-0.39, 0.29) is 23.2 Å². The van der Waals surface area contributed by atoms with Gasteiger partial charge in [0.2, 0.25) is 15.9 Å². The van der Waals surface area contributed by atoms with Crippen molar-refractivity contribution in [3.63, 3.8) is 0 Å². The Balaban J connectivity index is 1.53. The summed E-state index contributed by atoms with van der Waals surface area (Å²) >= 11 is 0. The summed E-state index contributed by atoms with van der Waals surface area (Å²) in [6, 6.07) is 14.7. The van der Waals surface area contributed by atoms with Gasteiger partial charge in [0.1, 0.15) is 5.82 Å². The van der Waals surface area contributed by atoms with Crippen molar-refractivity contribution >= 4 is 15.9 Å². The molecule has 0 bridgehead atoms. The van der Waals surface area contributed by atoms with Crippen molar-refractivity contribution in [1.82, 2.24) is 14.1 Å². The lowest BCUT2D eigenvalue weighted by molar-refractivity contribution is -0.133. The van der Waals surface area contributed by atoms with Crippen LogP contribution in [0.2, 0.25) is 0 Å². The third-order valence-corrected chi connectivity index (χ3v) is 6.70. The first kappa shape index (κ1) is 20.4. The summed E-state index contributed by atoms with van der Waals surface area (Å²) in [5.74, 6) is -0.457. The van der Waals surface area contributed by atoms with Gasteiger partial charge in [-0.3, -0.25) is 9.69 Å². The van der Waals surface area contributed by atoms with Gasteiger partial charge in [-0.2, -0.15) is 4.31 Å². The zero-order valence-corrected chi connectivity index (χ0v) is 16.6. The molecule has 3 rings (SSSR count). The van der Waals surface area contributed by atoms with Gasteiger partial charge in [0, 0.05) is 45.3 Å². The maximum Gasteiger partial charge on any atom is 0.243 e. The van der Waals surface area contributed by atoms with Crippen molar-refractivity contribution in [2.45, 2.75) is 11.4 Å². The van der Waals surface area contributed by atoms with Crippen LogP contribution < -0.4 is 0 Å². The number of carbonyl (C=O) groups is 1. The highest BCUT2D eigenvalue weighted by atomic mass is 32.2. The van der Waals surface area contributed by atoms with E-state index in [1.54, 1.807) is 41.3 Å². The van der Waals surface area contributed by atoms with E-state index < -0.39 is 10.0 Å². The zero-order chi connectivity index (χ0) is 20.1. The van der Waals surface area contributed by atoms with Gasteiger partial charge in [-0.05, 0) is 18.2 Å². The second-order valence-electron chi connectivity index (χ2n) is 6.82. The Bertz CT molecular complexity index is 913. The molecule has 0 N–H and O–H groups in total. The van der Waals surface area contributed by atoms with E-state index in [9.17, 15) is 17.6 Å². The van der Waals surface area contributed by atoms with Crippen LogP contribution in [0.15, 0.2) is 59.5 Å². The fraction of sp³-hybridized carbons (Fsp3) is 0.350. The van der Waals surface area contributed by atoms with E-state index in [2.05, 4.69) is 4.90 Å². The summed E-state index contributed by atoms with van der Waals surface area (Å²) in [6.07, 6.45) is 0. The molecule has 8 heteroatoms. The van der Waals surface area contributed by atoms with E-state index in [1.165, 1.54) is 25.2 Å². The smallest absolute Gasteiger partial charge is 0.243 e. The molecule has 6 nitrogen and oxygen atoms in total. The third-order valence-electron chi connectivity index (χ3n) is 4.89. The van der Waals surface area contributed by atoms with Crippen LogP contribution in [0.5, 0.6) is 0 Å². The predicted octanol–water partition coefficient (Wildman–Crippen LogP) is 1.79. The molecule has 2 aromatic rings. The molecule has 1 aliphatic rings. The molecule has 0 aliphatic carbocycles. The molecule has 0 spiro atoms. The van der Waals surface area contributed by atoms with Crippen LogP contribution in [0.4, 0.5) is 4.39 Å². The molecular weight excluding hydrogens is 381 g/mol. The van der Waals surface area contributed by atoms with Gasteiger partial charge in [-0.1, -0.05) is 36.4 Å². The number of hydrogen-bond acceptors (Lipinski definition) is 4. The van der Waals surface area contributed by atoms with Gasteiger partial charge in [-0.25, -0.2) is 12.8 Å². The average molecular weight is 405 g/mol. The average Bonchev–Trinajstić information content (AvgIpc) is 2.71. The van der Waals surface area contributed by atoms with Crippen LogP contribution in [0, 0.1) is 5.82 Å². The summed E-state index contributed by atoms with van der Waals surface area (Å²) in [4.78, 5) is 16.5. The molecule has 150 valence electrons. The van der Waals surface area contributed by atoms with Gasteiger partial charge in [-0.15, -0.1) is 0 Å². The molecule has 0 unspecified atom stereocenters. The van der Waals surface area contributed by atoms with Crippen LogP contribution in [0.3, 0.4) is 0 Å². The Hall–Kier alpha value is -2.29. The highest BCUT2D eigenvalue weighted by molar-refractivity contribution is 7.89. The van der Waals surface area contributed by atoms with Crippen LogP contribution in [0.25, 0.3) is 0 Å². The maximum atomic E-state index is 13.8. The fourth-order valence-electron chi connectivity index (χ4n) is 3.17. The SMILES string of the molecule is CN(CC(=O)N1CCN(Cc2ccccc2F)CC1)S(=O)(=O)c1ccccc1. The molecule has 1 aliphatic heterocycles. The fourth-order valence-corrected chi connectivity index (χ4v) is 4.31. The number of hydrogen-bond donors (Lipinski definition) is 0. The largest absolute Gasteiger partial charge is 0.339 e. The molecule has 0 radical (unpaired) electrons.